The number of amides is 1. The Kier molecular flexibility index (Phi) is 6.12. The number of thiophene rings is 1. The van der Waals surface area contributed by atoms with Crippen molar-refractivity contribution in [3.63, 3.8) is 0 Å². The highest BCUT2D eigenvalue weighted by atomic mass is 32.1. The lowest BCUT2D eigenvalue weighted by Crippen LogP contribution is -2.36. The van der Waals surface area contributed by atoms with Crippen molar-refractivity contribution in [1.29, 1.82) is 0 Å². The number of fused-ring (bicyclic) bond motifs is 1. The number of nitrogens with one attached hydrogen (secondary N) is 1. The molecule has 0 unspecified atom stereocenters. The van der Waals surface area contributed by atoms with Gasteiger partial charge in [0, 0.05) is 4.88 Å². The third-order valence-electron chi connectivity index (χ3n) is 4.79. The topological polar surface area (TPSA) is 58.6 Å². The number of likely N-dealkylation sites (tertiary alicyclic amines) is 1. The molecule has 1 aromatic heterocycles. The van der Waals surface area contributed by atoms with E-state index in [0.29, 0.717) is 17.1 Å². The number of ether oxygens (including phenoxy) is 1. The second kappa shape index (κ2) is 8.32. The van der Waals surface area contributed by atoms with E-state index < -0.39 is 0 Å². The number of carbonyl (C=O) groups is 2. The molecular formula is C19H28N2O3S. The van der Waals surface area contributed by atoms with Gasteiger partial charge in [0.05, 0.1) is 18.2 Å². The van der Waals surface area contributed by atoms with Crippen LogP contribution in [0.1, 0.15) is 66.8 Å². The van der Waals surface area contributed by atoms with Crippen molar-refractivity contribution in [2.24, 2.45) is 0 Å². The van der Waals surface area contributed by atoms with Crippen LogP contribution in [0.15, 0.2) is 0 Å². The summed E-state index contributed by atoms with van der Waals surface area (Å²) in [6.07, 6.45) is 7.53. The molecule has 138 valence electrons. The van der Waals surface area contributed by atoms with Crippen molar-refractivity contribution < 1.29 is 14.3 Å². The van der Waals surface area contributed by atoms with Crippen LogP contribution in [-0.4, -0.2) is 42.5 Å². The second-order valence-electron chi connectivity index (χ2n) is 7.25. The van der Waals surface area contributed by atoms with Gasteiger partial charge >= 0.3 is 5.97 Å². The zero-order valence-corrected chi connectivity index (χ0v) is 16.0. The Labute approximate surface area is 153 Å². The van der Waals surface area contributed by atoms with Crippen LogP contribution in [0.4, 0.5) is 5.00 Å². The van der Waals surface area contributed by atoms with Crippen LogP contribution in [-0.2, 0) is 22.4 Å². The maximum Gasteiger partial charge on any atom is 0.341 e. The lowest BCUT2D eigenvalue weighted by atomic mass is 9.95. The van der Waals surface area contributed by atoms with Crippen molar-refractivity contribution in [1.82, 2.24) is 4.90 Å². The zero-order valence-electron chi connectivity index (χ0n) is 15.2. The van der Waals surface area contributed by atoms with Gasteiger partial charge in [-0.05, 0) is 71.0 Å². The van der Waals surface area contributed by atoms with Crippen molar-refractivity contribution in [3.8, 4) is 0 Å². The summed E-state index contributed by atoms with van der Waals surface area (Å²) in [5.74, 6) is -0.332. The van der Waals surface area contributed by atoms with Crippen LogP contribution in [0.2, 0.25) is 0 Å². The Hall–Kier alpha value is -1.40. The van der Waals surface area contributed by atoms with E-state index >= 15 is 0 Å². The smallest absolute Gasteiger partial charge is 0.341 e. The van der Waals surface area contributed by atoms with E-state index in [1.165, 1.54) is 11.3 Å². The minimum atomic E-state index is -0.303. The molecule has 0 radical (unpaired) electrons. The van der Waals surface area contributed by atoms with Crippen molar-refractivity contribution in [2.45, 2.75) is 64.9 Å². The number of esters is 1. The first kappa shape index (κ1) is 18.4. The lowest BCUT2D eigenvalue weighted by molar-refractivity contribution is -0.117. The molecule has 0 bridgehead atoms. The summed E-state index contributed by atoms with van der Waals surface area (Å²) >= 11 is 1.56. The lowest BCUT2D eigenvalue weighted by Gasteiger charge is -2.25. The van der Waals surface area contributed by atoms with Gasteiger partial charge in [-0.15, -0.1) is 11.3 Å². The molecule has 1 fully saturated rings. The molecule has 1 aliphatic carbocycles. The van der Waals surface area contributed by atoms with E-state index in [1.54, 1.807) is 11.3 Å². The molecule has 2 aliphatic rings. The summed E-state index contributed by atoms with van der Waals surface area (Å²) in [7, 11) is 0. The molecule has 0 atom stereocenters. The van der Waals surface area contributed by atoms with Crippen molar-refractivity contribution in [3.05, 3.63) is 16.0 Å². The molecule has 6 heteroatoms. The fraction of sp³-hybridized carbons (Fsp3) is 0.684. The van der Waals surface area contributed by atoms with E-state index in [9.17, 15) is 9.59 Å². The minimum absolute atomic E-state index is 0.0286. The normalized spacial score (nSPS) is 18.0. The van der Waals surface area contributed by atoms with Gasteiger partial charge in [-0.2, -0.15) is 0 Å². The van der Waals surface area contributed by atoms with E-state index in [1.807, 2.05) is 13.8 Å². The molecule has 1 amide bonds. The van der Waals surface area contributed by atoms with Crippen LogP contribution in [0, 0.1) is 0 Å². The number of hydrogen-bond donors (Lipinski definition) is 1. The van der Waals surface area contributed by atoms with Crippen LogP contribution < -0.4 is 5.32 Å². The Bertz CT molecular complexity index is 633. The molecule has 0 aromatic carbocycles. The zero-order chi connectivity index (χ0) is 17.8. The Morgan fingerprint density at radius 1 is 1.12 bits per heavy atom. The summed E-state index contributed by atoms with van der Waals surface area (Å²) in [5.41, 5.74) is 1.69. The molecule has 3 rings (SSSR count). The molecule has 1 N–H and O–H groups in total. The van der Waals surface area contributed by atoms with Crippen molar-refractivity contribution >= 4 is 28.2 Å². The third-order valence-corrected chi connectivity index (χ3v) is 5.99. The molecular weight excluding hydrogens is 336 g/mol. The van der Waals surface area contributed by atoms with E-state index in [4.69, 9.17) is 4.74 Å². The third kappa shape index (κ3) is 4.61. The highest BCUT2D eigenvalue weighted by Gasteiger charge is 2.28. The number of carbonyl (C=O) groups excluding carboxylic acids is 2. The highest BCUT2D eigenvalue weighted by molar-refractivity contribution is 7.17. The molecule has 1 saturated heterocycles. The first-order valence-electron chi connectivity index (χ1n) is 9.42. The number of aryl methyl sites for hydroxylation is 1. The van der Waals surface area contributed by atoms with Gasteiger partial charge in [0.2, 0.25) is 5.91 Å². The monoisotopic (exact) mass is 364 g/mol. The van der Waals surface area contributed by atoms with E-state index in [-0.39, 0.29) is 18.0 Å². The summed E-state index contributed by atoms with van der Waals surface area (Å²) in [6.45, 7) is 6.07. The van der Waals surface area contributed by atoms with Gasteiger partial charge < -0.3 is 10.1 Å². The van der Waals surface area contributed by atoms with Crippen LogP contribution in [0.25, 0.3) is 0 Å². The predicted molar refractivity (Wildman–Crippen MR) is 100 cm³/mol. The number of hydrogen-bond acceptors (Lipinski definition) is 5. The van der Waals surface area contributed by atoms with Gasteiger partial charge in [0.1, 0.15) is 5.00 Å². The molecule has 5 nitrogen and oxygen atoms in total. The molecule has 25 heavy (non-hydrogen) atoms. The first-order valence-corrected chi connectivity index (χ1v) is 10.2. The Balaban J connectivity index is 1.76. The van der Waals surface area contributed by atoms with Gasteiger partial charge in [-0.1, -0.05) is 6.42 Å². The van der Waals surface area contributed by atoms with Gasteiger partial charge in [-0.3, -0.25) is 9.69 Å². The molecule has 2 heterocycles. The average Bonchev–Trinajstić information content (AvgIpc) is 2.92. The molecule has 1 aromatic rings. The largest absolute Gasteiger partial charge is 0.459 e. The quantitative estimate of drug-likeness (QED) is 0.811. The molecule has 0 saturated carbocycles. The fourth-order valence-corrected chi connectivity index (χ4v) is 4.92. The minimum Gasteiger partial charge on any atom is -0.459 e. The predicted octanol–water partition coefficient (Wildman–Crippen LogP) is 3.62. The van der Waals surface area contributed by atoms with Crippen LogP contribution in [0.5, 0.6) is 0 Å². The maximum atomic E-state index is 12.6. The van der Waals surface area contributed by atoms with Crippen LogP contribution >= 0.6 is 11.3 Å². The fourth-order valence-electron chi connectivity index (χ4n) is 3.63. The van der Waals surface area contributed by atoms with E-state index in [2.05, 4.69) is 10.2 Å². The average molecular weight is 365 g/mol. The number of anilines is 1. The SMILES string of the molecule is CC(C)OC(=O)c1c(NC(=O)CN2CCCCC2)sc2c1CCCC2. The van der Waals surface area contributed by atoms with Crippen molar-refractivity contribution in [2.75, 3.05) is 25.0 Å². The molecule has 0 spiro atoms. The number of rotatable bonds is 5. The molecule has 1 aliphatic heterocycles. The second-order valence-corrected chi connectivity index (χ2v) is 8.36. The summed E-state index contributed by atoms with van der Waals surface area (Å²) in [6, 6.07) is 0. The number of piperidine rings is 1. The van der Waals surface area contributed by atoms with Crippen LogP contribution in [0.3, 0.4) is 0 Å². The van der Waals surface area contributed by atoms with Gasteiger partial charge in [0.25, 0.3) is 0 Å². The standard InChI is InChI=1S/C19H28N2O3S/c1-13(2)24-19(23)17-14-8-4-5-9-15(14)25-18(17)20-16(22)12-21-10-6-3-7-11-21/h13H,3-12H2,1-2H3,(H,20,22). The Morgan fingerprint density at radius 2 is 1.84 bits per heavy atom. The first-order chi connectivity index (χ1) is 12.0. The number of nitrogens with zero attached hydrogens (tertiary/aromatic N) is 1. The highest BCUT2D eigenvalue weighted by Crippen LogP contribution is 2.38. The summed E-state index contributed by atoms with van der Waals surface area (Å²) < 4.78 is 5.44. The summed E-state index contributed by atoms with van der Waals surface area (Å²) in [5, 5.41) is 3.69. The van der Waals surface area contributed by atoms with Gasteiger partial charge in [-0.25, -0.2) is 4.79 Å². The van der Waals surface area contributed by atoms with E-state index in [0.717, 1.165) is 57.2 Å². The maximum absolute atomic E-state index is 12.6. The summed E-state index contributed by atoms with van der Waals surface area (Å²) in [4.78, 5) is 28.5. The van der Waals surface area contributed by atoms with Gasteiger partial charge in [0.15, 0.2) is 0 Å². The Morgan fingerprint density at radius 3 is 2.56 bits per heavy atom.